The summed E-state index contributed by atoms with van der Waals surface area (Å²) in [5.74, 6) is 2.30. The second kappa shape index (κ2) is 4.75. The van der Waals surface area contributed by atoms with Gasteiger partial charge in [0, 0.05) is 19.2 Å². The molecule has 4 nitrogen and oxygen atoms in total. The topological polar surface area (TPSA) is 46.3 Å². The highest BCUT2D eigenvalue weighted by Gasteiger charge is 2.33. The molecule has 1 amide bonds. The second-order valence-electron chi connectivity index (χ2n) is 5.67. The van der Waals surface area contributed by atoms with E-state index in [1.54, 1.807) is 6.07 Å². The van der Waals surface area contributed by atoms with Gasteiger partial charge in [-0.05, 0) is 31.6 Å². The van der Waals surface area contributed by atoms with Crippen LogP contribution in [0.25, 0.3) is 0 Å². The van der Waals surface area contributed by atoms with Gasteiger partial charge in [-0.3, -0.25) is 4.79 Å². The van der Waals surface area contributed by atoms with Crippen LogP contribution < -0.4 is 0 Å². The molecule has 0 radical (unpaired) electrons. The third-order valence-electron chi connectivity index (χ3n) is 4.43. The first-order chi connectivity index (χ1) is 8.74. The molecular weight excluding hydrogens is 228 g/mol. The fourth-order valence-corrected chi connectivity index (χ4v) is 3.41. The van der Waals surface area contributed by atoms with Crippen LogP contribution in [0.2, 0.25) is 0 Å². The molecule has 0 unspecified atom stereocenters. The van der Waals surface area contributed by atoms with Crippen molar-refractivity contribution in [2.24, 2.45) is 11.8 Å². The molecule has 1 aliphatic carbocycles. The van der Waals surface area contributed by atoms with Gasteiger partial charge in [0.25, 0.3) is 5.91 Å². The Kier molecular flexibility index (Phi) is 3.10. The predicted octanol–water partition coefficient (Wildman–Crippen LogP) is 2.64. The molecule has 2 aliphatic rings. The van der Waals surface area contributed by atoms with Crippen molar-refractivity contribution in [1.29, 1.82) is 0 Å². The first kappa shape index (κ1) is 11.8. The molecule has 2 fully saturated rings. The highest BCUT2D eigenvalue weighted by atomic mass is 16.5. The van der Waals surface area contributed by atoms with Gasteiger partial charge in [-0.15, -0.1) is 0 Å². The summed E-state index contributed by atoms with van der Waals surface area (Å²) in [5.41, 5.74) is 0.460. The molecule has 98 valence electrons. The maximum Gasteiger partial charge on any atom is 0.276 e. The smallest absolute Gasteiger partial charge is 0.276 e. The fourth-order valence-electron chi connectivity index (χ4n) is 3.41. The molecule has 0 bridgehead atoms. The Morgan fingerprint density at radius 2 is 2.11 bits per heavy atom. The monoisotopic (exact) mass is 248 g/mol. The number of rotatable bonds is 1. The van der Waals surface area contributed by atoms with Crippen molar-refractivity contribution >= 4 is 5.91 Å². The first-order valence-corrected chi connectivity index (χ1v) is 6.96. The maximum atomic E-state index is 12.3. The Labute approximate surface area is 107 Å². The van der Waals surface area contributed by atoms with Crippen LogP contribution in [0.1, 0.15) is 48.4 Å². The minimum atomic E-state index is 0.0378. The lowest BCUT2D eigenvalue weighted by atomic mass is 9.75. The van der Waals surface area contributed by atoms with E-state index in [0.717, 1.165) is 25.4 Å². The van der Waals surface area contributed by atoms with Gasteiger partial charge >= 0.3 is 0 Å². The van der Waals surface area contributed by atoms with Crippen LogP contribution in [0, 0.1) is 18.8 Å². The molecule has 1 saturated heterocycles. The largest absolute Gasteiger partial charge is 0.361 e. The van der Waals surface area contributed by atoms with E-state index in [0.29, 0.717) is 17.4 Å². The molecule has 1 aliphatic heterocycles. The van der Waals surface area contributed by atoms with Crippen molar-refractivity contribution in [3.63, 3.8) is 0 Å². The van der Waals surface area contributed by atoms with E-state index in [2.05, 4.69) is 5.16 Å². The molecule has 0 spiro atoms. The molecule has 0 N–H and O–H groups in total. The Morgan fingerprint density at radius 1 is 1.33 bits per heavy atom. The first-order valence-electron chi connectivity index (χ1n) is 6.96. The van der Waals surface area contributed by atoms with Crippen LogP contribution >= 0.6 is 0 Å². The number of aryl methyl sites for hydroxylation is 1. The Hall–Kier alpha value is -1.32. The van der Waals surface area contributed by atoms with Gasteiger partial charge < -0.3 is 9.42 Å². The minimum absolute atomic E-state index is 0.0378. The Bertz CT molecular complexity index is 441. The zero-order valence-electron chi connectivity index (χ0n) is 10.9. The Morgan fingerprint density at radius 3 is 2.83 bits per heavy atom. The number of amides is 1. The van der Waals surface area contributed by atoms with Crippen molar-refractivity contribution in [1.82, 2.24) is 10.1 Å². The highest BCUT2D eigenvalue weighted by Crippen LogP contribution is 2.36. The number of nitrogens with zero attached hydrogens (tertiary/aromatic N) is 2. The van der Waals surface area contributed by atoms with Gasteiger partial charge in [0.15, 0.2) is 5.69 Å². The molecule has 1 aromatic rings. The number of carbonyl (C=O) groups excluding carboxylic acids is 1. The average Bonchev–Trinajstić information content (AvgIpc) is 2.84. The van der Waals surface area contributed by atoms with Crippen LogP contribution in [0.3, 0.4) is 0 Å². The van der Waals surface area contributed by atoms with Gasteiger partial charge in [0.1, 0.15) is 5.76 Å². The van der Waals surface area contributed by atoms with Crippen molar-refractivity contribution in [2.75, 3.05) is 13.1 Å². The van der Waals surface area contributed by atoms with Crippen LogP contribution in [-0.4, -0.2) is 29.1 Å². The number of likely N-dealkylation sites (tertiary alicyclic amines) is 1. The van der Waals surface area contributed by atoms with Crippen molar-refractivity contribution in [2.45, 2.75) is 39.0 Å². The molecule has 0 aromatic carbocycles. The van der Waals surface area contributed by atoms with E-state index in [9.17, 15) is 4.79 Å². The number of aromatic nitrogens is 1. The molecule has 4 heteroatoms. The summed E-state index contributed by atoms with van der Waals surface area (Å²) in [6, 6.07) is 1.73. The van der Waals surface area contributed by atoms with Gasteiger partial charge in [0.05, 0.1) is 0 Å². The van der Waals surface area contributed by atoms with Gasteiger partial charge in [-0.2, -0.15) is 0 Å². The molecule has 3 rings (SSSR count). The predicted molar refractivity (Wildman–Crippen MR) is 67.2 cm³/mol. The summed E-state index contributed by atoms with van der Waals surface area (Å²) in [7, 11) is 0. The second-order valence-corrected chi connectivity index (χ2v) is 5.67. The fraction of sp³-hybridized carbons (Fsp3) is 0.714. The number of piperidine rings is 1. The summed E-state index contributed by atoms with van der Waals surface area (Å²) >= 11 is 0. The third kappa shape index (κ3) is 2.16. The molecule has 18 heavy (non-hydrogen) atoms. The molecule has 1 saturated carbocycles. The SMILES string of the molecule is Cc1cc(C(=O)N2CC[C@H]3CCCC[C@H]3C2)no1. The van der Waals surface area contributed by atoms with Crippen molar-refractivity contribution in [3.05, 3.63) is 17.5 Å². The normalized spacial score (nSPS) is 27.9. The minimum Gasteiger partial charge on any atom is -0.361 e. The van der Waals surface area contributed by atoms with E-state index in [-0.39, 0.29) is 5.91 Å². The van der Waals surface area contributed by atoms with Crippen LogP contribution in [0.15, 0.2) is 10.6 Å². The zero-order valence-corrected chi connectivity index (χ0v) is 10.9. The summed E-state index contributed by atoms with van der Waals surface area (Å²) in [6.45, 7) is 3.61. The molecule has 1 aromatic heterocycles. The highest BCUT2D eigenvalue weighted by molar-refractivity contribution is 5.92. The lowest BCUT2D eigenvalue weighted by Gasteiger charge is -2.41. The number of fused-ring (bicyclic) bond motifs is 1. The zero-order chi connectivity index (χ0) is 12.5. The van der Waals surface area contributed by atoms with E-state index in [1.807, 2.05) is 11.8 Å². The van der Waals surface area contributed by atoms with Crippen LogP contribution in [0.5, 0.6) is 0 Å². The van der Waals surface area contributed by atoms with Gasteiger partial charge in [-0.1, -0.05) is 24.4 Å². The molecular formula is C14H20N2O2. The van der Waals surface area contributed by atoms with Crippen molar-refractivity contribution in [3.8, 4) is 0 Å². The lowest BCUT2D eigenvalue weighted by Crippen LogP contribution is -2.44. The standard InChI is InChI=1S/C14H20N2O2/c1-10-8-13(15-18-10)14(17)16-7-6-11-4-2-3-5-12(11)9-16/h8,11-12H,2-7,9H2,1H3/t11-,12+/m1/s1. The molecule has 2 atom stereocenters. The summed E-state index contributed by atoms with van der Waals surface area (Å²) < 4.78 is 4.99. The quantitative estimate of drug-likeness (QED) is 0.767. The van der Waals surface area contributed by atoms with Gasteiger partial charge in [-0.25, -0.2) is 0 Å². The summed E-state index contributed by atoms with van der Waals surface area (Å²) in [6.07, 6.45) is 6.50. The van der Waals surface area contributed by atoms with E-state index >= 15 is 0 Å². The summed E-state index contributed by atoms with van der Waals surface area (Å²) in [4.78, 5) is 14.3. The van der Waals surface area contributed by atoms with Crippen LogP contribution in [-0.2, 0) is 0 Å². The number of hydrogen-bond donors (Lipinski definition) is 0. The Balaban J connectivity index is 1.68. The summed E-state index contributed by atoms with van der Waals surface area (Å²) in [5, 5.41) is 3.83. The van der Waals surface area contributed by atoms with E-state index < -0.39 is 0 Å². The number of hydrogen-bond acceptors (Lipinski definition) is 3. The maximum absolute atomic E-state index is 12.3. The number of carbonyl (C=O) groups is 1. The van der Waals surface area contributed by atoms with E-state index in [4.69, 9.17) is 4.52 Å². The van der Waals surface area contributed by atoms with Gasteiger partial charge in [0.2, 0.25) is 0 Å². The third-order valence-corrected chi connectivity index (χ3v) is 4.43. The average molecular weight is 248 g/mol. The van der Waals surface area contributed by atoms with Crippen molar-refractivity contribution < 1.29 is 9.32 Å². The molecule has 2 heterocycles. The van der Waals surface area contributed by atoms with E-state index in [1.165, 1.54) is 25.7 Å². The van der Waals surface area contributed by atoms with Crippen LogP contribution in [0.4, 0.5) is 0 Å². The lowest BCUT2D eigenvalue weighted by molar-refractivity contribution is 0.0511.